The molecule has 2 aromatic rings. The Morgan fingerprint density at radius 1 is 1.15 bits per heavy atom. The van der Waals surface area contributed by atoms with Crippen molar-refractivity contribution in [3.63, 3.8) is 0 Å². The van der Waals surface area contributed by atoms with Gasteiger partial charge in [-0.05, 0) is 37.3 Å². The quantitative estimate of drug-likeness (QED) is 0.872. The van der Waals surface area contributed by atoms with Crippen molar-refractivity contribution in [1.82, 2.24) is 0 Å². The van der Waals surface area contributed by atoms with Crippen LogP contribution in [0.3, 0.4) is 0 Å². The molecule has 0 fully saturated rings. The molecule has 0 atom stereocenters. The average Bonchev–Trinajstić information content (AvgIpc) is 2.46. The van der Waals surface area contributed by atoms with E-state index in [-0.39, 0.29) is 5.91 Å². The van der Waals surface area contributed by atoms with Crippen LogP contribution < -0.4 is 15.4 Å². The number of ether oxygens (including phenoxy) is 1. The van der Waals surface area contributed by atoms with Crippen molar-refractivity contribution in [2.45, 2.75) is 6.92 Å². The first-order chi connectivity index (χ1) is 9.52. The maximum atomic E-state index is 12.6. The lowest BCUT2D eigenvalue weighted by molar-refractivity contribution is 0.0990. The molecule has 0 saturated carbocycles. The SMILES string of the molecule is COc1ccc(N)cc1C(=O)N(C)c1ccc(C)cc1. The minimum Gasteiger partial charge on any atom is -0.496 e. The van der Waals surface area contributed by atoms with Gasteiger partial charge >= 0.3 is 0 Å². The molecular formula is C16H18N2O2. The molecule has 0 aliphatic heterocycles. The van der Waals surface area contributed by atoms with Gasteiger partial charge in [-0.2, -0.15) is 0 Å². The summed E-state index contributed by atoms with van der Waals surface area (Å²) in [5.41, 5.74) is 8.71. The highest BCUT2D eigenvalue weighted by molar-refractivity contribution is 6.08. The fourth-order valence-electron chi connectivity index (χ4n) is 1.96. The van der Waals surface area contributed by atoms with E-state index in [2.05, 4.69) is 0 Å². The van der Waals surface area contributed by atoms with Gasteiger partial charge in [0.25, 0.3) is 5.91 Å². The van der Waals surface area contributed by atoms with E-state index in [1.165, 1.54) is 7.11 Å². The Morgan fingerprint density at radius 2 is 1.80 bits per heavy atom. The number of hydrogen-bond donors (Lipinski definition) is 1. The zero-order valence-electron chi connectivity index (χ0n) is 11.9. The zero-order chi connectivity index (χ0) is 14.7. The monoisotopic (exact) mass is 270 g/mol. The molecule has 2 N–H and O–H groups in total. The van der Waals surface area contributed by atoms with Gasteiger partial charge in [-0.3, -0.25) is 4.79 Å². The van der Waals surface area contributed by atoms with Crippen LogP contribution in [-0.2, 0) is 0 Å². The first-order valence-corrected chi connectivity index (χ1v) is 6.31. The van der Waals surface area contributed by atoms with Crippen LogP contribution in [0.25, 0.3) is 0 Å². The number of nitrogen functional groups attached to an aromatic ring is 1. The van der Waals surface area contributed by atoms with Crippen LogP contribution in [0.1, 0.15) is 15.9 Å². The van der Waals surface area contributed by atoms with Crippen LogP contribution in [0.2, 0.25) is 0 Å². The van der Waals surface area contributed by atoms with Gasteiger partial charge in [-0.1, -0.05) is 17.7 Å². The van der Waals surface area contributed by atoms with Gasteiger partial charge in [0.1, 0.15) is 5.75 Å². The highest BCUT2D eigenvalue weighted by Crippen LogP contribution is 2.24. The third kappa shape index (κ3) is 2.74. The third-order valence-electron chi connectivity index (χ3n) is 3.18. The predicted octanol–water partition coefficient (Wildman–Crippen LogP) is 2.86. The summed E-state index contributed by atoms with van der Waals surface area (Å²) < 4.78 is 5.22. The highest BCUT2D eigenvalue weighted by atomic mass is 16.5. The van der Waals surface area contributed by atoms with Crippen LogP contribution in [-0.4, -0.2) is 20.1 Å². The molecule has 2 aromatic carbocycles. The average molecular weight is 270 g/mol. The molecule has 0 bridgehead atoms. The van der Waals surface area contributed by atoms with E-state index >= 15 is 0 Å². The molecule has 0 unspecified atom stereocenters. The van der Waals surface area contributed by atoms with E-state index in [0.717, 1.165) is 11.3 Å². The van der Waals surface area contributed by atoms with Crippen molar-refractivity contribution in [2.24, 2.45) is 0 Å². The molecule has 0 spiro atoms. The smallest absolute Gasteiger partial charge is 0.261 e. The molecule has 4 heteroatoms. The maximum absolute atomic E-state index is 12.6. The van der Waals surface area contributed by atoms with Gasteiger partial charge in [0.15, 0.2) is 0 Å². The Morgan fingerprint density at radius 3 is 2.40 bits per heavy atom. The molecule has 0 saturated heterocycles. The van der Waals surface area contributed by atoms with E-state index in [0.29, 0.717) is 17.0 Å². The van der Waals surface area contributed by atoms with E-state index in [4.69, 9.17) is 10.5 Å². The maximum Gasteiger partial charge on any atom is 0.261 e. The van der Waals surface area contributed by atoms with Crippen LogP contribution in [0, 0.1) is 6.92 Å². The Balaban J connectivity index is 2.35. The Kier molecular flexibility index (Phi) is 3.94. The van der Waals surface area contributed by atoms with E-state index in [1.54, 1.807) is 30.1 Å². The third-order valence-corrected chi connectivity index (χ3v) is 3.18. The minimum absolute atomic E-state index is 0.155. The van der Waals surface area contributed by atoms with Crippen LogP contribution in [0.15, 0.2) is 42.5 Å². The number of aryl methyl sites for hydroxylation is 1. The van der Waals surface area contributed by atoms with Crippen LogP contribution in [0.4, 0.5) is 11.4 Å². The van der Waals surface area contributed by atoms with E-state index in [1.807, 2.05) is 31.2 Å². The fraction of sp³-hybridized carbons (Fsp3) is 0.188. The molecule has 4 nitrogen and oxygen atoms in total. The summed E-state index contributed by atoms with van der Waals surface area (Å²) in [6.45, 7) is 2.01. The van der Waals surface area contributed by atoms with E-state index < -0.39 is 0 Å². The first kappa shape index (κ1) is 13.9. The Bertz CT molecular complexity index is 621. The molecular weight excluding hydrogens is 252 g/mol. The highest BCUT2D eigenvalue weighted by Gasteiger charge is 2.18. The normalized spacial score (nSPS) is 10.2. The minimum atomic E-state index is -0.155. The molecule has 1 amide bonds. The van der Waals surface area contributed by atoms with Crippen molar-refractivity contribution in [3.8, 4) is 5.75 Å². The van der Waals surface area contributed by atoms with Gasteiger partial charge in [0.05, 0.1) is 12.7 Å². The van der Waals surface area contributed by atoms with Crippen molar-refractivity contribution in [3.05, 3.63) is 53.6 Å². The standard InChI is InChI=1S/C16H18N2O2/c1-11-4-7-13(8-5-11)18(2)16(19)14-10-12(17)6-9-15(14)20-3/h4-10H,17H2,1-3H3. The van der Waals surface area contributed by atoms with Crippen molar-refractivity contribution < 1.29 is 9.53 Å². The Labute approximate surface area is 118 Å². The van der Waals surface area contributed by atoms with Crippen LogP contribution in [0.5, 0.6) is 5.75 Å². The largest absolute Gasteiger partial charge is 0.496 e. The second-order valence-corrected chi connectivity index (χ2v) is 4.66. The van der Waals surface area contributed by atoms with Crippen molar-refractivity contribution in [2.75, 3.05) is 24.8 Å². The van der Waals surface area contributed by atoms with Gasteiger partial charge in [-0.25, -0.2) is 0 Å². The topological polar surface area (TPSA) is 55.6 Å². The molecule has 2 rings (SSSR count). The molecule has 0 aliphatic carbocycles. The number of nitrogens with zero attached hydrogens (tertiary/aromatic N) is 1. The number of carbonyl (C=O) groups is 1. The summed E-state index contributed by atoms with van der Waals surface area (Å²) in [6.07, 6.45) is 0. The Hall–Kier alpha value is -2.49. The lowest BCUT2D eigenvalue weighted by Gasteiger charge is -2.19. The summed E-state index contributed by atoms with van der Waals surface area (Å²) in [7, 11) is 3.27. The number of benzene rings is 2. The number of amides is 1. The molecule has 20 heavy (non-hydrogen) atoms. The lowest BCUT2D eigenvalue weighted by atomic mass is 10.1. The second-order valence-electron chi connectivity index (χ2n) is 4.66. The number of methoxy groups -OCH3 is 1. The van der Waals surface area contributed by atoms with Gasteiger partial charge in [0.2, 0.25) is 0 Å². The second kappa shape index (κ2) is 5.65. The molecule has 0 aromatic heterocycles. The molecule has 0 heterocycles. The fourth-order valence-corrected chi connectivity index (χ4v) is 1.96. The zero-order valence-corrected chi connectivity index (χ0v) is 11.9. The summed E-state index contributed by atoms with van der Waals surface area (Å²) in [6, 6.07) is 12.8. The first-order valence-electron chi connectivity index (χ1n) is 6.31. The number of carbonyl (C=O) groups excluding carboxylic acids is 1. The van der Waals surface area contributed by atoms with Crippen molar-refractivity contribution >= 4 is 17.3 Å². The number of hydrogen-bond acceptors (Lipinski definition) is 3. The number of anilines is 2. The number of rotatable bonds is 3. The van der Waals surface area contributed by atoms with Gasteiger partial charge < -0.3 is 15.4 Å². The number of nitrogens with two attached hydrogens (primary N) is 1. The van der Waals surface area contributed by atoms with E-state index in [9.17, 15) is 4.79 Å². The summed E-state index contributed by atoms with van der Waals surface area (Å²) >= 11 is 0. The molecule has 104 valence electrons. The van der Waals surface area contributed by atoms with Crippen molar-refractivity contribution in [1.29, 1.82) is 0 Å². The van der Waals surface area contributed by atoms with Crippen LogP contribution >= 0.6 is 0 Å². The lowest BCUT2D eigenvalue weighted by Crippen LogP contribution is -2.26. The predicted molar refractivity (Wildman–Crippen MR) is 81.3 cm³/mol. The summed E-state index contributed by atoms with van der Waals surface area (Å²) in [4.78, 5) is 14.1. The summed E-state index contributed by atoms with van der Waals surface area (Å²) in [5, 5.41) is 0. The molecule has 0 aliphatic rings. The summed E-state index contributed by atoms with van der Waals surface area (Å²) in [5.74, 6) is 0.362. The van der Waals surface area contributed by atoms with Gasteiger partial charge in [-0.15, -0.1) is 0 Å². The molecule has 0 radical (unpaired) electrons. The van der Waals surface area contributed by atoms with Gasteiger partial charge in [0, 0.05) is 18.4 Å².